The molecular weight excluding hydrogens is 432 g/mol. The molecule has 2 aliphatic heterocycles. The molecule has 34 heavy (non-hydrogen) atoms. The first-order valence-corrected chi connectivity index (χ1v) is 11.5. The van der Waals surface area contributed by atoms with Crippen LogP contribution in [0.15, 0.2) is 42.7 Å². The molecule has 3 aromatic heterocycles. The van der Waals surface area contributed by atoms with Gasteiger partial charge in [0.15, 0.2) is 11.6 Å². The Balaban J connectivity index is 1.33. The number of rotatable bonds is 4. The van der Waals surface area contributed by atoms with Gasteiger partial charge < -0.3 is 20.1 Å². The quantitative estimate of drug-likeness (QED) is 0.625. The maximum Gasteiger partial charge on any atom is 0.410 e. The fraction of sp³-hybridized carbons (Fsp3) is 0.440. The summed E-state index contributed by atoms with van der Waals surface area (Å²) in [5.41, 5.74) is 9.12. The van der Waals surface area contributed by atoms with Crippen molar-refractivity contribution in [3.8, 4) is 17.0 Å². The molecule has 1 fully saturated rings. The van der Waals surface area contributed by atoms with Gasteiger partial charge in [-0.25, -0.2) is 9.78 Å². The molecule has 0 radical (unpaired) electrons. The van der Waals surface area contributed by atoms with Gasteiger partial charge in [0.2, 0.25) is 0 Å². The van der Waals surface area contributed by atoms with Crippen LogP contribution in [-0.2, 0) is 16.7 Å². The molecule has 0 unspecified atom stereocenters. The first kappa shape index (κ1) is 22.2. The van der Waals surface area contributed by atoms with E-state index in [0.717, 1.165) is 35.6 Å². The summed E-state index contributed by atoms with van der Waals surface area (Å²) in [6, 6.07) is 9.68. The summed E-state index contributed by atoms with van der Waals surface area (Å²) < 4.78 is 13.6. The third-order valence-corrected chi connectivity index (χ3v) is 6.35. The van der Waals surface area contributed by atoms with Crippen LogP contribution in [0.2, 0.25) is 0 Å². The number of carbonyl (C=O) groups is 1. The summed E-state index contributed by atoms with van der Waals surface area (Å²) in [5.74, 6) is 0.819. The molecule has 5 heterocycles. The SMILES string of the molecule is C[C@@H](Oc1cc(-c2cc3n(n2)CCC32CN(C(=O)OC(C)(C)C)C2)cnc1N)c1ccccn1. The summed E-state index contributed by atoms with van der Waals surface area (Å²) in [5, 5.41) is 4.81. The number of hydrogen-bond acceptors (Lipinski definition) is 7. The molecule has 0 bridgehead atoms. The fourth-order valence-corrected chi connectivity index (χ4v) is 4.62. The Morgan fingerprint density at radius 1 is 1.21 bits per heavy atom. The third kappa shape index (κ3) is 4.06. The second kappa shape index (κ2) is 8.00. The van der Waals surface area contributed by atoms with E-state index in [0.29, 0.717) is 24.7 Å². The lowest BCUT2D eigenvalue weighted by atomic mass is 9.76. The standard InChI is InChI=1S/C25H30N6O3/c1-16(18-7-5-6-9-27-18)33-20-11-17(13-28-22(20)26)19-12-21-25(8-10-31(21)29-19)14-30(15-25)23(32)34-24(2,3)4/h5-7,9,11-13,16H,8,10,14-15H2,1-4H3,(H2,26,28)/t16-/m1/s1. The summed E-state index contributed by atoms with van der Waals surface area (Å²) in [7, 11) is 0. The molecule has 9 heteroatoms. The van der Waals surface area contributed by atoms with E-state index in [9.17, 15) is 4.79 Å². The van der Waals surface area contributed by atoms with Gasteiger partial charge in [0.05, 0.1) is 11.4 Å². The van der Waals surface area contributed by atoms with Crippen molar-refractivity contribution in [1.82, 2.24) is 24.6 Å². The van der Waals surface area contributed by atoms with Crippen LogP contribution in [0, 0.1) is 0 Å². The van der Waals surface area contributed by atoms with E-state index in [-0.39, 0.29) is 17.6 Å². The molecule has 0 aromatic carbocycles. The Bertz CT molecular complexity index is 1210. The molecule has 9 nitrogen and oxygen atoms in total. The molecule has 3 aromatic rings. The van der Waals surface area contributed by atoms with Gasteiger partial charge in [-0.1, -0.05) is 6.07 Å². The van der Waals surface area contributed by atoms with E-state index < -0.39 is 5.60 Å². The van der Waals surface area contributed by atoms with Crippen molar-refractivity contribution in [2.24, 2.45) is 0 Å². The molecule has 178 valence electrons. The lowest BCUT2D eigenvalue weighted by molar-refractivity contribution is -0.00969. The zero-order valence-electron chi connectivity index (χ0n) is 20.0. The first-order valence-electron chi connectivity index (χ1n) is 11.5. The third-order valence-electron chi connectivity index (χ3n) is 6.35. The number of nitrogens with two attached hydrogens (primary N) is 1. The smallest absolute Gasteiger partial charge is 0.410 e. The molecule has 2 aliphatic rings. The van der Waals surface area contributed by atoms with Gasteiger partial charge in [-0.2, -0.15) is 5.10 Å². The highest BCUT2D eigenvalue weighted by atomic mass is 16.6. The monoisotopic (exact) mass is 462 g/mol. The summed E-state index contributed by atoms with van der Waals surface area (Å²) in [4.78, 5) is 22.9. The molecule has 1 atom stereocenters. The summed E-state index contributed by atoms with van der Waals surface area (Å²) in [6.45, 7) is 9.68. The highest BCUT2D eigenvalue weighted by molar-refractivity contribution is 5.71. The lowest BCUT2D eigenvalue weighted by Gasteiger charge is -2.47. The van der Waals surface area contributed by atoms with Crippen molar-refractivity contribution in [2.75, 3.05) is 18.8 Å². The minimum atomic E-state index is -0.500. The number of aryl methyl sites for hydroxylation is 1. The van der Waals surface area contributed by atoms with Crippen molar-refractivity contribution < 1.29 is 14.3 Å². The predicted molar refractivity (Wildman–Crippen MR) is 127 cm³/mol. The number of fused-ring (bicyclic) bond motifs is 2. The van der Waals surface area contributed by atoms with E-state index >= 15 is 0 Å². The first-order chi connectivity index (χ1) is 16.1. The highest BCUT2D eigenvalue weighted by Crippen LogP contribution is 2.44. The number of nitrogens with zero attached hydrogens (tertiary/aromatic N) is 5. The van der Waals surface area contributed by atoms with Crippen LogP contribution in [0.4, 0.5) is 10.6 Å². The Morgan fingerprint density at radius 3 is 2.71 bits per heavy atom. The second-order valence-corrected chi connectivity index (χ2v) is 10.1. The van der Waals surface area contributed by atoms with Crippen LogP contribution in [0.25, 0.3) is 11.3 Å². The van der Waals surface area contributed by atoms with Crippen molar-refractivity contribution >= 4 is 11.9 Å². The average molecular weight is 463 g/mol. The number of carbonyl (C=O) groups excluding carboxylic acids is 1. The molecule has 1 amide bonds. The van der Waals surface area contributed by atoms with Gasteiger partial charge in [0, 0.05) is 48.7 Å². The van der Waals surface area contributed by atoms with Crippen LogP contribution >= 0.6 is 0 Å². The molecular formula is C25H30N6O3. The number of pyridine rings is 2. The number of amides is 1. The number of ether oxygens (including phenoxy) is 2. The van der Waals surface area contributed by atoms with E-state index in [1.807, 2.05) is 56.6 Å². The lowest BCUT2D eigenvalue weighted by Crippen LogP contribution is -2.61. The van der Waals surface area contributed by atoms with Gasteiger partial charge in [-0.15, -0.1) is 0 Å². The molecule has 0 aliphatic carbocycles. The number of hydrogen-bond donors (Lipinski definition) is 1. The van der Waals surface area contributed by atoms with Gasteiger partial charge >= 0.3 is 6.09 Å². The molecule has 0 saturated carbocycles. The van der Waals surface area contributed by atoms with Gasteiger partial charge in [-0.05, 0) is 58.4 Å². The van der Waals surface area contributed by atoms with Gasteiger partial charge in [-0.3, -0.25) is 9.67 Å². The Hall–Kier alpha value is -3.62. The van der Waals surface area contributed by atoms with E-state index in [4.69, 9.17) is 20.3 Å². The van der Waals surface area contributed by atoms with Crippen LogP contribution < -0.4 is 10.5 Å². The number of anilines is 1. The van der Waals surface area contributed by atoms with Crippen LogP contribution in [0.5, 0.6) is 5.75 Å². The minimum Gasteiger partial charge on any atom is -0.481 e. The van der Waals surface area contributed by atoms with Crippen molar-refractivity contribution in [3.05, 3.63) is 54.1 Å². The zero-order valence-corrected chi connectivity index (χ0v) is 20.0. The van der Waals surface area contributed by atoms with E-state index in [2.05, 4.69) is 16.0 Å². The normalized spacial score (nSPS) is 17.2. The number of nitrogen functional groups attached to an aromatic ring is 1. The van der Waals surface area contributed by atoms with Gasteiger partial charge in [0.25, 0.3) is 0 Å². The maximum atomic E-state index is 12.4. The van der Waals surface area contributed by atoms with E-state index in [1.165, 1.54) is 0 Å². The van der Waals surface area contributed by atoms with Crippen molar-refractivity contribution in [1.29, 1.82) is 0 Å². The summed E-state index contributed by atoms with van der Waals surface area (Å²) >= 11 is 0. The van der Waals surface area contributed by atoms with Crippen LogP contribution in [0.3, 0.4) is 0 Å². The zero-order chi connectivity index (χ0) is 24.1. The van der Waals surface area contributed by atoms with Gasteiger partial charge in [0.1, 0.15) is 11.7 Å². The summed E-state index contributed by atoms with van der Waals surface area (Å²) in [6.07, 6.45) is 3.88. The maximum absolute atomic E-state index is 12.4. The van der Waals surface area contributed by atoms with Crippen molar-refractivity contribution in [3.63, 3.8) is 0 Å². The minimum absolute atomic E-state index is 0.0732. The Morgan fingerprint density at radius 2 is 2.00 bits per heavy atom. The Kier molecular flexibility index (Phi) is 5.22. The largest absolute Gasteiger partial charge is 0.481 e. The highest BCUT2D eigenvalue weighted by Gasteiger charge is 2.52. The Labute approximate surface area is 198 Å². The number of aromatic nitrogens is 4. The average Bonchev–Trinajstić information content (AvgIpc) is 3.33. The van der Waals surface area contributed by atoms with E-state index in [1.54, 1.807) is 17.3 Å². The topological polar surface area (TPSA) is 108 Å². The van der Waals surface area contributed by atoms with Crippen LogP contribution in [0.1, 0.15) is 51.6 Å². The fourth-order valence-electron chi connectivity index (χ4n) is 4.62. The van der Waals surface area contributed by atoms with Crippen LogP contribution in [-0.4, -0.2) is 49.4 Å². The number of likely N-dealkylation sites (tertiary alicyclic amines) is 1. The molecule has 2 N–H and O–H groups in total. The van der Waals surface area contributed by atoms with Crippen molar-refractivity contribution in [2.45, 2.75) is 57.8 Å². The second-order valence-electron chi connectivity index (χ2n) is 10.1. The predicted octanol–water partition coefficient (Wildman–Crippen LogP) is 3.95. The molecule has 5 rings (SSSR count). The molecule has 1 spiro atoms. The molecule has 1 saturated heterocycles.